The number of benzene rings is 2. The van der Waals surface area contributed by atoms with Gasteiger partial charge < -0.3 is 15.0 Å². The number of nitrogens with zero attached hydrogens (tertiary/aromatic N) is 3. The number of carbonyl (C=O) groups excluding carboxylic acids is 1. The lowest BCUT2D eigenvalue weighted by Gasteiger charge is -2.22. The summed E-state index contributed by atoms with van der Waals surface area (Å²) in [6.45, 7) is 4.07. The molecule has 0 aliphatic rings. The highest BCUT2D eigenvalue weighted by molar-refractivity contribution is 5.99. The molecule has 1 heterocycles. The molecule has 3 rings (SSSR count). The number of hydrogen-bond acceptors (Lipinski definition) is 5. The molecule has 0 aliphatic carbocycles. The van der Waals surface area contributed by atoms with Crippen LogP contribution in [0.4, 0.5) is 10.3 Å². The first-order chi connectivity index (χ1) is 15.1. The number of hydrogen-bond donors (Lipinski definition) is 1. The molecule has 0 spiro atoms. The summed E-state index contributed by atoms with van der Waals surface area (Å²) in [6.07, 6.45) is 2.25. The van der Waals surface area contributed by atoms with Gasteiger partial charge in [0.15, 0.2) is 0 Å². The van der Waals surface area contributed by atoms with E-state index in [1.807, 2.05) is 37.3 Å². The number of rotatable bonds is 10. The van der Waals surface area contributed by atoms with Crippen molar-refractivity contribution >= 4 is 11.9 Å². The van der Waals surface area contributed by atoms with Gasteiger partial charge in [-0.25, -0.2) is 14.4 Å². The predicted molar refractivity (Wildman–Crippen MR) is 121 cm³/mol. The molecule has 1 N–H and O–H groups in total. The number of methoxy groups -OCH3 is 1. The van der Waals surface area contributed by atoms with Gasteiger partial charge in [-0.2, -0.15) is 0 Å². The van der Waals surface area contributed by atoms with Crippen molar-refractivity contribution in [2.75, 3.05) is 32.1 Å². The summed E-state index contributed by atoms with van der Waals surface area (Å²) in [4.78, 5) is 23.9. The molecule has 0 saturated heterocycles. The molecular formula is C24H29FN4O2. The van der Waals surface area contributed by atoms with E-state index in [1.165, 1.54) is 12.3 Å². The molecule has 2 aromatic carbocycles. The smallest absolute Gasteiger partial charge is 0.257 e. The van der Waals surface area contributed by atoms with Crippen molar-refractivity contribution in [3.8, 4) is 11.3 Å². The standard InChI is InChI=1S/C24H27FN4O2.H2/c1-3-29(17-18-10-5-4-6-11-18)23(30)20-16-27-24(26-14-9-15-31-2)28-22(20)19-12-7-8-13-21(19)25;/h4-8,10-13,16H,3,9,14-15,17H2,1-2H3,(H,26,27,28);1H. The lowest BCUT2D eigenvalue weighted by molar-refractivity contribution is 0.0752. The van der Waals surface area contributed by atoms with Crippen molar-refractivity contribution in [1.82, 2.24) is 14.9 Å². The number of anilines is 1. The first kappa shape index (κ1) is 22.4. The van der Waals surface area contributed by atoms with Gasteiger partial charge in [0, 0.05) is 46.5 Å². The fourth-order valence-corrected chi connectivity index (χ4v) is 3.20. The Hall–Kier alpha value is -3.32. The zero-order chi connectivity index (χ0) is 22.1. The van der Waals surface area contributed by atoms with Crippen LogP contribution in [0.25, 0.3) is 11.3 Å². The highest BCUT2D eigenvalue weighted by atomic mass is 19.1. The van der Waals surface area contributed by atoms with Gasteiger partial charge in [-0.3, -0.25) is 4.79 Å². The van der Waals surface area contributed by atoms with Crippen LogP contribution in [0.1, 0.15) is 30.7 Å². The number of halogens is 1. The molecule has 7 heteroatoms. The third-order valence-corrected chi connectivity index (χ3v) is 4.84. The maximum absolute atomic E-state index is 14.6. The molecule has 0 fully saturated rings. The molecule has 1 aromatic heterocycles. The van der Waals surface area contributed by atoms with Gasteiger partial charge in [0.2, 0.25) is 5.95 Å². The normalized spacial score (nSPS) is 10.7. The SMILES string of the molecule is CCN(Cc1ccccc1)C(=O)c1cnc(NCCCOC)nc1-c1ccccc1F.[HH]. The Morgan fingerprint density at radius 3 is 2.61 bits per heavy atom. The maximum atomic E-state index is 14.6. The molecule has 164 valence electrons. The molecule has 0 radical (unpaired) electrons. The highest BCUT2D eigenvalue weighted by Crippen LogP contribution is 2.26. The average Bonchev–Trinajstić information content (AvgIpc) is 2.81. The summed E-state index contributed by atoms with van der Waals surface area (Å²) >= 11 is 0. The predicted octanol–water partition coefficient (Wildman–Crippen LogP) is 4.64. The Labute approximate surface area is 183 Å². The molecule has 0 aliphatic heterocycles. The van der Waals surface area contributed by atoms with Gasteiger partial charge in [0.25, 0.3) is 5.91 Å². The Morgan fingerprint density at radius 1 is 1.16 bits per heavy atom. The van der Waals surface area contributed by atoms with E-state index in [-0.39, 0.29) is 24.2 Å². The summed E-state index contributed by atoms with van der Waals surface area (Å²) in [5, 5.41) is 3.11. The Kier molecular flexibility index (Phi) is 8.06. The van der Waals surface area contributed by atoms with Crippen LogP contribution in [0.3, 0.4) is 0 Å². The summed E-state index contributed by atoms with van der Waals surface area (Å²) in [6, 6.07) is 16.1. The molecule has 3 aromatic rings. The van der Waals surface area contributed by atoms with Crippen molar-refractivity contribution in [2.45, 2.75) is 19.9 Å². The van der Waals surface area contributed by atoms with Crippen LogP contribution in [0.5, 0.6) is 0 Å². The van der Waals surface area contributed by atoms with Gasteiger partial charge in [-0.05, 0) is 31.0 Å². The average molecular weight is 425 g/mol. The van der Waals surface area contributed by atoms with Crippen LogP contribution in [-0.2, 0) is 11.3 Å². The van der Waals surface area contributed by atoms with Gasteiger partial charge in [-0.1, -0.05) is 42.5 Å². The number of nitrogens with one attached hydrogen (secondary N) is 1. The monoisotopic (exact) mass is 424 g/mol. The van der Waals surface area contributed by atoms with Crippen LogP contribution in [0, 0.1) is 5.82 Å². The second-order valence-corrected chi connectivity index (χ2v) is 7.01. The van der Waals surface area contributed by atoms with Crippen LogP contribution in [-0.4, -0.2) is 47.6 Å². The van der Waals surface area contributed by atoms with E-state index in [0.29, 0.717) is 32.2 Å². The third kappa shape index (κ3) is 5.86. The zero-order valence-electron chi connectivity index (χ0n) is 17.8. The van der Waals surface area contributed by atoms with Crippen molar-refractivity contribution in [3.05, 3.63) is 77.7 Å². The summed E-state index contributed by atoms with van der Waals surface area (Å²) in [5.41, 5.74) is 1.83. The van der Waals surface area contributed by atoms with Crippen LogP contribution < -0.4 is 5.32 Å². The van der Waals surface area contributed by atoms with Crippen LogP contribution in [0.15, 0.2) is 60.8 Å². The largest absolute Gasteiger partial charge is 0.385 e. The number of carbonyl (C=O) groups is 1. The van der Waals surface area contributed by atoms with Crippen molar-refractivity contribution in [2.24, 2.45) is 0 Å². The molecule has 0 saturated carbocycles. The fourth-order valence-electron chi connectivity index (χ4n) is 3.20. The van der Waals surface area contributed by atoms with Crippen molar-refractivity contribution in [3.63, 3.8) is 0 Å². The minimum absolute atomic E-state index is 0. The number of amides is 1. The first-order valence-electron chi connectivity index (χ1n) is 10.3. The van der Waals surface area contributed by atoms with Crippen molar-refractivity contribution < 1.29 is 15.3 Å². The number of ether oxygens (including phenoxy) is 1. The Bertz CT molecular complexity index is 1000. The molecular weight excluding hydrogens is 395 g/mol. The zero-order valence-corrected chi connectivity index (χ0v) is 17.8. The Balaban J connectivity index is 0.00000363. The maximum Gasteiger partial charge on any atom is 0.257 e. The molecule has 0 bridgehead atoms. The molecule has 0 unspecified atom stereocenters. The van der Waals surface area contributed by atoms with E-state index in [4.69, 9.17) is 4.74 Å². The van der Waals surface area contributed by atoms with E-state index in [2.05, 4.69) is 15.3 Å². The van der Waals surface area contributed by atoms with Crippen molar-refractivity contribution in [1.29, 1.82) is 0 Å². The van der Waals surface area contributed by atoms with Gasteiger partial charge in [-0.15, -0.1) is 0 Å². The van der Waals surface area contributed by atoms with E-state index in [0.717, 1.165) is 12.0 Å². The summed E-state index contributed by atoms with van der Waals surface area (Å²) in [5.74, 6) is -0.334. The second-order valence-electron chi connectivity index (χ2n) is 7.01. The van der Waals surface area contributed by atoms with Gasteiger partial charge in [0.1, 0.15) is 5.82 Å². The van der Waals surface area contributed by atoms with Gasteiger partial charge in [0.05, 0.1) is 11.3 Å². The van der Waals surface area contributed by atoms with Gasteiger partial charge >= 0.3 is 0 Å². The molecule has 31 heavy (non-hydrogen) atoms. The topological polar surface area (TPSA) is 67.4 Å². The minimum Gasteiger partial charge on any atom is -0.385 e. The fraction of sp³-hybridized carbons (Fsp3) is 0.292. The second kappa shape index (κ2) is 11.2. The molecule has 1 amide bonds. The van der Waals surface area contributed by atoms with E-state index < -0.39 is 5.82 Å². The lowest BCUT2D eigenvalue weighted by atomic mass is 10.1. The highest BCUT2D eigenvalue weighted by Gasteiger charge is 2.22. The Morgan fingerprint density at radius 2 is 1.90 bits per heavy atom. The lowest BCUT2D eigenvalue weighted by Crippen LogP contribution is -2.31. The first-order valence-corrected chi connectivity index (χ1v) is 10.3. The number of aromatic nitrogens is 2. The van der Waals surface area contributed by atoms with Crippen LogP contribution >= 0.6 is 0 Å². The van der Waals surface area contributed by atoms with E-state index in [9.17, 15) is 9.18 Å². The molecule has 6 nitrogen and oxygen atoms in total. The van der Waals surface area contributed by atoms with E-state index in [1.54, 1.807) is 30.2 Å². The quantitative estimate of drug-likeness (QED) is 0.480. The van der Waals surface area contributed by atoms with E-state index >= 15 is 0 Å². The summed E-state index contributed by atoms with van der Waals surface area (Å²) in [7, 11) is 1.64. The third-order valence-electron chi connectivity index (χ3n) is 4.84. The minimum atomic E-state index is -0.438. The summed E-state index contributed by atoms with van der Waals surface area (Å²) < 4.78 is 19.7. The molecule has 0 atom stereocenters. The van der Waals surface area contributed by atoms with Crippen LogP contribution in [0.2, 0.25) is 0 Å².